The third kappa shape index (κ3) is 2.57. The summed E-state index contributed by atoms with van der Waals surface area (Å²) in [5.74, 6) is 5.94. The van der Waals surface area contributed by atoms with Gasteiger partial charge in [0.15, 0.2) is 0 Å². The highest BCUT2D eigenvalue weighted by Crippen LogP contribution is 2.26. The van der Waals surface area contributed by atoms with Crippen LogP contribution in [-0.2, 0) is 0 Å². The van der Waals surface area contributed by atoms with Gasteiger partial charge in [0.2, 0.25) is 0 Å². The summed E-state index contributed by atoms with van der Waals surface area (Å²) in [6.45, 7) is 1.79. The topological polar surface area (TPSA) is 75.9 Å². The molecule has 0 aliphatic rings. The summed E-state index contributed by atoms with van der Waals surface area (Å²) < 4.78 is 14.4. The van der Waals surface area contributed by atoms with Gasteiger partial charge in [-0.1, -0.05) is 15.9 Å². The molecule has 0 bridgehead atoms. The number of hydrogen-bond donors (Lipinski definition) is 3. The lowest BCUT2D eigenvalue weighted by atomic mass is 10.2. The van der Waals surface area contributed by atoms with Gasteiger partial charge >= 0.3 is 0 Å². The molecule has 0 saturated heterocycles. The maximum Gasteiger partial charge on any atom is 0.148 e. The van der Waals surface area contributed by atoms with Gasteiger partial charge in [0.25, 0.3) is 0 Å². The van der Waals surface area contributed by atoms with Gasteiger partial charge in [0.05, 0.1) is 5.69 Å². The Morgan fingerprint density at radius 3 is 2.72 bits per heavy atom. The summed E-state index contributed by atoms with van der Waals surface area (Å²) >= 11 is 3.28. The van der Waals surface area contributed by atoms with Crippen molar-refractivity contribution in [3.63, 3.8) is 0 Å². The average molecular weight is 312 g/mol. The third-order valence-electron chi connectivity index (χ3n) is 2.40. The zero-order chi connectivity index (χ0) is 13.1. The van der Waals surface area contributed by atoms with Gasteiger partial charge in [-0.2, -0.15) is 0 Å². The summed E-state index contributed by atoms with van der Waals surface area (Å²) in [7, 11) is 0. The van der Waals surface area contributed by atoms with Crippen LogP contribution in [0.3, 0.4) is 0 Å². The van der Waals surface area contributed by atoms with Crippen LogP contribution in [0.2, 0.25) is 0 Å². The van der Waals surface area contributed by atoms with E-state index in [1.54, 1.807) is 19.1 Å². The molecule has 2 rings (SSSR count). The Morgan fingerprint density at radius 1 is 1.28 bits per heavy atom. The molecule has 1 aromatic carbocycles. The first-order chi connectivity index (χ1) is 8.61. The third-order valence-corrected chi connectivity index (χ3v) is 2.90. The van der Waals surface area contributed by atoms with E-state index in [4.69, 9.17) is 5.84 Å². The van der Waals surface area contributed by atoms with Crippen molar-refractivity contribution in [1.29, 1.82) is 0 Å². The van der Waals surface area contributed by atoms with E-state index in [0.29, 0.717) is 22.9 Å². The maximum absolute atomic E-state index is 13.6. The zero-order valence-corrected chi connectivity index (χ0v) is 11.1. The van der Waals surface area contributed by atoms with Crippen molar-refractivity contribution < 1.29 is 4.39 Å². The lowest BCUT2D eigenvalue weighted by Gasteiger charge is -2.11. The fourth-order valence-corrected chi connectivity index (χ4v) is 1.80. The summed E-state index contributed by atoms with van der Waals surface area (Å²) in [6, 6.07) is 4.62. The minimum absolute atomic E-state index is 0.328. The molecule has 5 nitrogen and oxygen atoms in total. The smallest absolute Gasteiger partial charge is 0.148 e. The number of hydrogen-bond acceptors (Lipinski definition) is 5. The van der Waals surface area contributed by atoms with Crippen LogP contribution in [0.4, 0.5) is 21.7 Å². The fourth-order valence-electron chi connectivity index (χ4n) is 1.44. The van der Waals surface area contributed by atoms with Gasteiger partial charge in [-0.3, -0.25) is 0 Å². The SMILES string of the molecule is Cc1c(NN)ncnc1Nc1cc(Br)ccc1F. The lowest BCUT2D eigenvalue weighted by molar-refractivity contribution is 0.631. The number of halogens is 2. The zero-order valence-electron chi connectivity index (χ0n) is 9.54. The standard InChI is InChI=1S/C11H11BrFN5/c1-6-10(15-5-16-11(6)18-14)17-9-4-7(12)2-3-8(9)13/h2-5H,14H2,1H3,(H2,15,16,17,18). The van der Waals surface area contributed by atoms with Gasteiger partial charge in [-0.25, -0.2) is 20.2 Å². The van der Waals surface area contributed by atoms with Crippen LogP contribution in [0.15, 0.2) is 29.0 Å². The highest BCUT2D eigenvalue weighted by atomic mass is 79.9. The van der Waals surface area contributed by atoms with Crippen molar-refractivity contribution in [3.05, 3.63) is 40.4 Å². The van der Waals surface area contributed by atoms with Crippen molar-refractivity contribution in [1.82, 2.24) is 9.97 Å². The number of nitrogens with one attached hydrogen (secondary N) is 2. The van der Waals surface area contributed by atoms with E-state index in [0.717, 1.165) is 4.47 Å². The van der Waals surface area contributed by atoms with Crippen molar-refractivity contribution in [2.75, 3.05) is 10.7 Å². The fraction of sp³-hybridized carbons (Fsp3) is 0.0909. The molecule has 7 heteroatoms. The Hall–Kier alpha value is -1.73. The van der Waals surface area contributed by atoms with Gasteiger partial charge < -0.3 is 10.7 Å². The van der Waals surface area contributed by atoms with Crippen molar-refractivity contribution in [2.24, 2.45) is 5.84 Å². The van der Waals surface area contributed by atoms with E-state index in [1.165, 1.54) is 12.4 Å². The van der Waals surface area contributed by atoms with E-state index < -0.39 is 0 Å². The second-order valence-electron chi connectivity index (χ2n) is 3.59. The van der Waals surface area contributed by atoms with Crippen LogP contribution >= 0.6 is 15.9 Å². The van der Waals surface area contributed by atoms with E-state index >= 15 is 0 Å². The highest BCUT2D eigenvalue weighted by molar-refractivity contribution is 9.10. The molecule has 0 amide bonds. The molecule has 1 aromatic heterocycles. The minimum Gasteiger partial charge on any atom is -0.337 e. The Morgan fingerprint density at radius 2 is 2.00 bits per heavy atom. The number of nitrogens with two attached hydrogens (primary N) is 1. The molecule has 0 aliphatic carbocycles. The largest absolute Gasteiger partial charge is 0.337 e. The molecule has 1 heterocycles. The Labute approximate surface area is 112 Å². The van der Waals surface area contributed by atoms with Crippen molar-refractivity contribution >= 4 is 33.3 Å². The second-order valence-corrected chi connectivity index (χ2v) is 4.51. The van der Waals surface area contributed by atoms with E-state index in [-0.39, 0.29) is 5.82 Å². The van der Waals surface area contributed by atoms with Gasteiger partial charge in [0, 0.05) is 10.0 Å². The van der Waals surface area contributed by atoms with Crippen molar-refractivity contribution in [3.8, 4) is 0 Å². The maximum atomic E-state index is 13.6. The molecule has 0 spiro atoms. The number of rotatable bonds is 3. The first-order valence-electron chi connectivity index (χ1n) is 5.12. The number of aromatic nitrogens is 2. The molecule has 0 radical (unpaired) electrons. The molecule has 0 unspecified atom stereocenters. The van der Waals surface area contributed by atoms with Crippen LogP contribution < -0.4 is 16.6 Å². The monoisotopic (exact) mass is 311 g/mol. The molecule has 94 valence electrons. The molecular weight excluding hydrogens is 301 g/mol. The molecule has 0 fully saturated rings. The van der Waals surface area contributed by atoms with E-state index in [1.807, 2.05) is 0 Å². The van der Waals surface area contributed by atoms with Crippen molar-refractivity contribution in [2.45, 2.75) is 6.92 Å². The molecule has 0 atom stereocenters. The van der Waals surface area contributed by atoms with Crippen LogP contribution in [0, 0.1) is 12.7 Å². The quantitative estimate of drug-likeness (QED) is 0.600. The van der Waals surface area contributed by atoms with Gasteiger partial charge in [-0.05, 0) is 25.1 Å². The highest BCUT2D eigenvalue weighted by Gasteiger charge is 2.09. The normalized spacial score (nSPS) is 10.2. The Balaban J connectivity index is 2.37. The number of nitrogens with zero attached hydrogens (tertiary/aromatic N) is 2. The summed E-state index contributed by atoms with van der Waals surface area (Å²) in [5.41, 5.74) is 3.49. The molecule has 0 saturated carbocycles. The summed E-state index contributed by atoms with van der Waals surface area (Å²) in [6.07, 6.45) is 1.35. The number of benzene rings is 1. The van der Waals surface area contributed by atoms with Crippen LogP contribution in [-0.4, -0.2) is 9.97 Å². The predicted octanol–water partition coefficient (Wildman–Crippen LogP) is 2.72. The lowest BCUT2D eigenvalue weighted by Crippen LogP contribution is -2.11. The van der Waals surface area contributed by atoms with E-state index in [9.17, 15) is 4.39 Å². The first kappa shape index (κ1) is 12.7. The second kappa shape index (κ2) is 5.28. The number of anilines is 3. The predicted molar refractivity (Wildman–Crippen MR) is 72.0 cm³/mol. The van der Waals surface area contributed by atoms with Gasteiger partial charge in [0.1, 0.15) is 23.8 Å². The molecule has 4 N–H and O–H groups in total. The minimum atomic E-state index is -0.363. The Kier molecular flexibility index (Phi) is 3.73. The van der Waals surface area contributed by atoms with Crippen LogP contribution in [0.5, 0.6) is 0 Å². The number of hydrazine groups is 1. The summed E-state index contributed by atoms with van der Waals surface area (Å²) in [4.78, 5) is 8.00. The number of nitrogen functional groups attached to an aromatic ring is 1. The Bertz CT molecular complexity index is 575. The summed E-state index contributed by atoms with van der Waals surface area (Å²) in [5, 5.41) is 2.90. The van der Waals surface area contributed by atoms with Gasteiger partial charge in [-0.15, -0.1) is 0 Å². The molecule has 0 aliphatic heterocycles. The molecule has 2 aromatic rings. The van der Waals surface area contributed by atoms with Crippen LogP contribution in [0.1, 0.15) is 5.56 Å². The van der Waals surface area contributed by atoms with Crippen LogP contribution in [0.25, 0.3) is 0 Å². The van der Waals surface area contributed by atoms with E-state index in [2.05, 4.69) is 36.6 Å². The first-order valence-corrected chi connectivity index (χ1v) is 5.91. The average Bonchev–Trinajstić information content (AvgIpc) is 2.36. The molecular formula is C11H11BrFN5. The molecule has 18 heavy (non-hydrogen) atoms.